The van der Waals surface area contributed by atoms with E-state index in [0.29, 0.717) is 12.8 Å². The number of rotatable bonds is 46. The molecule has 0 bridgehead atoms. The summed E-state index contributed by atoms with van der Waals surface area (Å²) in [4.78, 5) is -0.0333. The molecule has 0 aliphatic rings. The van der Waals surface area contributed by atoms with Crippen LogP contribution in [-0.2, 0) is 45.9 Å². The molecular formula is C68H110BaO6S2. The average molecular weight is 1230 g/mol. The molecule has 9 heteroatoms. The first-order valence-corrected chi connectivity index (χ1v) is 34.8. The number of benzene rings is 4. The third-order valence-electron chi connectivity index (χ3n) is 16.1. The first-order valence-electron chi connectivity index (χ1n) is 32.0. The number of hydrogen-bond donors (Lipinski definition) is 0. The zero-order chi connectivity index (χ0) is 55.0. The van der Waals surface area contributed by atoms with Gasteiger partial charge in [-0.05, 0) is 107 Å². The van der Waals surface area contributed by atoms with Crippen molar-refractivity contribution in [2.75, 3.05) is 0 Å². The molecule has 0 unspecified atom stereocenters. The van der Waals surface area contributed by atoms with E-state index in [0.717, 1.165) is 84.0 Å². The molecule has 0 spiro atoms. The maximum absolute atomic E-state index is 12.1. The van der Waals surface area contributed by atoms with E-state index < -0.39 is 20.2 Å². The quantitative estimate of drug-likeness (QED) is 0.0247. The van der Waals surface area contributed by atoms with Crippen molar-refractivity contribution in [1.29, 1.82) is 0 Å². The summed E-state index contributed by atoms with van der Waals surface area (Å²) < 4.78 is 72.5. The van der Waals surface area contributed by atoms with Crippen molar-refractivity contribution in [1.82, 2.24) is 0 Å². The largest absolute Gasteiger partial charge is 2.00 e. The molecule has 0 amide bonds. The van der Waals surface area contributed by atoms with Gasteiger partial charge < -0.3 is 9.11 Å². The van der Waals surface area contributed by atoms with Crippen molar-refractivity contribution in [3.63, 3.8) is 0 Å². The van der Waals surface area contributed by atoms with E-state index in [9.17, 15) is 25.9 Å². The number of unbranched alkanes of at least 4 members (excludes halogenated alkanes) is 36. The van der Waals surface area contributed by atoms with Crippen LogP contribution in [0.2, 0.25) is 0 Å². The molecule has 4 rings (SSSR count). The Bertz CT molecular complexity index is 2160. The summed E-state index contributed by atoms with van der Waals surface area (Å²) in [6.45, 7) is 9.03. The summed E-state index contributed by atoms with van der Waals surface area (Å²) in [5.74, 6) is 0. The van der Waals surface area contributed by atoms with Crippen molar-refractivity contribution in [3.05, 3.63) is 82.9 Å². The maximum atomic E-state index is 12.1. The Morgan fingerprint density at radius 1 is 0.273 bits per heavy atom. The van der Waals surface area contributed by atoms with Crippen LogP contribution in [0.25, 0.3) is 21.5 Å². The second kappa shape index (κ2) is 45.3. The van der Waals surface area contributed by atoms with Gasteiger partial charge in [-0.15, -0.1) is 0 Å². The minimum atomic E-state index is -4.49. The first kappa shape index (κ1) is 71.9. The molecule has 432 valence electrons. The van der Waals surface area contributed by atoms with Crippen LogP contribution >= 0.6 is 0 Å². The van der Waals surface area contributed by atoms with Crippen molar-refractivity contribution in [2.24, 2.45) is 0 Å². The summed E-state index contributed by atoms with van der Waals surface area (Å²) >= 11 is 0. The molecule has 4 aromatic rings. The third-order valence-corrected chi connectivity index (χ3v) is 18.0. The Morgan fingerprint density at radius 2 is 0.494 bits per heavy atom. The molecule has 0 saturated heterocycles. The van der Waals surface area contributed by atoms with Gasteiger partial charge in [-0.25, -0.2) is 16.8 Å². The normalized spacial score (nSPS) is 11.8. The van der Waals surface area contributed by atoms with Gasteiger partial charge in [0.2, 0.25) is 0 Å². The van der Waals surface area contributed by atoms with Gasteiger partial charge in [-0.3, -0.25) is 0 Å². The van der Waals surface area contributed by atoms with Crippen molar-refractivity contribution >= 4 is 90.7 Å². The van der Waals surface area contributed by atoms with E-state index in [-0.39, 0.29) is 58.7 Å². The molecule has 0 aliphatic heterocycles. The van der Waals surface area contributed by atoms with E-state index in [4.69, 9.17) is 0 Å². The van der Waals surface area contributed by atoms with Crippen LogP contribution in [0.3, 0.4) is 0 Å². The zero-order valence-corrected chi connectivity index (χ0v) is 55.9. The molecule has 0 radical (unpaired) electrons. The molecule has 0 aliphatic carbocycles. The first-order chi connectivity index (χ1) is 37.0. The predicted octanol–water partition coefficient (Wildman–Crippen LogP) is 21.0. The molecule has 0 atom stereocenters. The Labute approximate surface area is 514 Å². The van der Waals surface area contributed by atoms with Crippen LogP contribution in [0.4, 0.5) is 0 Å². The fourth-order valence-corrected chi connectivity index (χ4v) is 13.0. The fraction of sp³-hybridized carbons (Fsp3) is 0.706. The van der Waals surface area contributed by atoms with Crippen molar-refractivity contribution in [2.45, 2.75) is 320 Å². The monoisotopic (exact) mass is 1220 g/mol. The van der Waals surface area contributed by atoms with Gasteiger partial charge >= 0.3 is 48.9 Å². The minimum Gasteiger partial charge on any atom is -0.744 e. The summed E-state index contributed by atoms with van der Waals surface area (Å²) in [6.07, 6.45) is 54.5. The predicted molar refractivity (Wildman–Crippen MR) is 332 cm³/mol. The molecule has 0 N–H and O–H groups in total. The molecule has 0 heterocycles. The number of aryl methyl sites for hydroxylation is 4. The molecule has 0 aromatic heterocycles. The Kier molecular flexibility index (Phi) is 42.3. The fourth-order valence-electron chi connectivity index (χ4n) is 11.5. The number of hydrogen-bond acceptors (Lipinski definition) is 6. The molecular weight excluding hydrogens is 1110 g/mol. The van der Waals surface area contributed by atoms with E-state index in [1.54, 1.807) is 12.1 Å². The van der Waals surface area contributed by atoms with E-state index >= 15 is 0 Å². The minimum absolute atomic E-state index is 0. The van der Waals surface area contributed by atoms with Gasteiger partial charge in [0, 0.05) is 0 Å². The van der Waals surface area contributed by atoms with Crippen LogP contribution in [0.5, 0.6) is 0 Å². The molecule has 0 saturated carbocycles. The number of fused-ring (bicyclic) bond motifs is 2. The van der Waals surface area contributed by atoms with Crippen LogP contribution in [0, 0.1) is 0 Å². The van der Waals surface area contributed by atoms with Crippen molar-refractivity contribution in [3.8, 4) is 0 Å². The second-order valence-corrected chi connectivity index (χ2v) is 25.4. The molecule has 4 aromatic carbocycles. The standard InChI is InChI=1S/2C34H56O3S.Ba/c2*1-3-5-7-9-11-13-15-17-19-21-24-30-25-23-27-32-31(30)28-29-34(38(35,36)37)33(32)26-22-20-18-16-14-12-10-8-6-4-2;/h2*23,25,27-29H,3-22,24,26H2,1-2H3,(H,35,36,37);/q;;+2/p-2. The summed E-state index contributed by atoms with van der Waals surface area (Å²) in [5, 5.41) is 4.17. The SMILES string of the molecule is CCCCCCCCCCCCc1cccc2c(CCCCCCCCCCCC)c(S(=O)(=O)[O-])ccc12.CCCCCCCCCCCCc1cccc2c(CCCCCCCCCCCC)c(S(=O)(=O)[O-])ccc12.[Ba+2]. The molecule has 0 fully saturated rings. The van der Waals surface area contributed by atoms with Crippen LogP contribution < -0.4 is 0 Å². The van der Waals surface area contributed by atoms with Crippen LogP contribution in [0.15, 0.2) is 70.5 Å². The summed E-state index contributed by atoms with van der Waals surface area (Å²) in [5.41, 5.74) is 4.03. The molecule has 6 nitrogen and oxygen atoms in total. The van der Waals surface area contributed by atoms with Crippen LogP contribution in [0.1, 0.15) is 307 Å². The Hall–Kier alpha value is -1.21. The van der Waals surface area contributed by atoms with E-state index in [1.165, 1.54) is 229 Å². The van der Waals surface area contributed by atoms with Crippen LogP contribution in [-0.4, -0.2) is 74.8 Å². The average Bonchev–Trinajstić information content (AvgIpc) is 3.40. The Balaban J connectivity index is 0.000000520. The van der Waals surface area contributed by atoms with Gasteiger partial charge in [-0.2, -0.15) is 0 Å². The third kappa shape index (κ3) is 31.2. The zero-order valence-electron chi connectivity index (χ0n) is 49.9. The van der Waals surface area contributed by atoms with Gasteiger partial charge in [0.15, 0.2) is 0 Å². The van der Waals surface area contributed by atoms with E-state index in [2.05, 4.69) is 39.8 Å². The Morgan fingerprint density at radius 3 is 0.727 bits per heavy atom. The maximum Gasteiger partial charge on any atom is 2.00 e. The topological polar surface area (TPSA) is 114 Å². The van der Waals surface area contributed by atoms with Crippen molar-refractivity contribution < 1.29 is 25.9 Å². The second-order valence-electron chi connectivity index (χ2n) is 22.7. The summed E-state index contributed by atoms with van der Waals surface area (Å²) in [7, 11) is -8.98. The van der Waals surface area contributed by atoms with Gasteiger partial charge in [0.05, 0.1) is 9.79 Å². The van der Waals surface area contributed by atoms with Gasteiger partial charge in [0.1, 0.15) is 20.2 Å². The van der Waals surface area contributed by atoms with E-state index in [1.807, 2.05) is 36.4 Å². The smallest absolute Gasteiger partial charge is 0.744 e. The summed E-state index contributed by atoms with van der Waals surface area (Å²) in [6, 6.07) is 19.3. The van der Waals surface area contributed by atoms with Gasteiger partial charge in [-0.1, -0.05) is 307 Å². The van der Waals surface area contributed by atoms with Gasteiger partial charge in [0.25, 0.3) is 0 Å². The molecule has 77 heavy (non-hydrogen) atoms.